The third-order valence-corrected chi connectivity index (χ3v) is 2.22. The van der Waals surface area contributed by atoms with Gasteiger partial charge in [-0.2, -0.15) is 0 Å². The van der Waals surface area contributed by atoms with Crippen molar-refractivity contribution in [3.63, 3.8) is 0 Å². The number of rotatable bonds is 1. The maximum absolute atomic E-state index is 5.13. The Morgan fingerprint density at radius 3 is 2.86 bits per heavy atom. The van der Waals surface area contributed by atoms with Gasteiger partial charge in [0.2, 0.25) is 0 Å². The minimum atomic E-state index is 0.536. The van der Waals surface area contributed by atoms with Crippen molar-refractivity contribution in [2.75, 3.05) is 12.4 Å². The summed E-state index contributed by atoms with van der Waals surface area (Å²) in [5, 5.41) is 2.96. The number of hydrogen-bond donors (Lipinski definition) is 2. The number of nitrogens with zero attached hydrogens (tertiary/aromatic N) is 2. The standard InChI is InChI=1S/C9H10N4S/c1-5-11-6-3-4-7(10-2)13-8(6)9(14)12-5/h3-4H,1-2H3,(H,10,13)(H,11,12,14). The highest BCUT2D eigenvalue weighted by Gasteiger charge is 2.00. The Balaban J connectivity index is 2.82. The topological polar surface area (TPSA) is 53.6 Å². The van der Waals surface area contributed by atoms with Crippen molar-refractivity contribution >= 4 is 29.1 Å². The van der Waals surface area contributed by atoms with Gasteiger partial charge in [-0.15, -0.1) is 0 Å². The molecule has 0 aliphatic rings. The molecule has 2 rings (SSSR count). The van der Waals surface area contributed by atoms with Gasteiger partial charge < -0.3 is 10.3 Å². The summed E-state index contributed by atoms with van der Waals surface area (Å²) in [7, 11) is 1.82. The maximum Gasteiger partial charge on any atom is 0.156 e. The average Bonchev–Trinajstić information content (AvgIpc) is 2.17. The monoisotopic (exact) mass is 206 g/mol. The molecule has 0 aliphatic heterocycles. The van der Waals surface area contributed by atoms with Gasteiger partial charge in [0.15, 0.2) is 4.64 Å². The van der Waals surface area contributed by atoms with Crippen molar-refractivity contribution in [1.29, 1.82) is 0 Å². The number of aromatic amines is 1. The normalized spacial score (nSPS) is 10.4. The number of pyridine rings is 1. The zero-order valence-electron chi connectivity index (χ0n) is 7.96. The molecular weight excluding hydrogens is 196 g/mol. The van der Waals surface area contributed by atoms with Crippen LogP contribution in [-0.4, -0.2) is 22.0 Å². The largest absolute Gasteiger partial charge is 0.373 e. The molecule has 4 nitrogen and oxygen atoms in total. The van der Waals surface area contributed by atoms with E-state index in [9.17, 15) is 0 Å². The molecule has 0 aromatic carbocycles. The molecule has 5 heteroatoms. The Bertz CT molecular complexity index is 532. The molecule has 0 amide bonds. The van der Waals surface area contributed by atoms with Crippen LogP contribution in [0.5, 0.6) is 0 Å². The van der Waals surface area contributed by atoms with E-state index in [1.807, 2.05) is 26.1 Å². The first-order valence-electron chi connectivity index (χ1n) is 4.26. The summed E-state index contributed by atoms with van der Waals surface area (Å²) in [6, 6.07) is 3.84. The summed E-state index contributed by atoms with van der Waals surface area (Å²) >= 11 is 5.13. The van der Waals surface area contributed by atoms with E-state index in [0.29, 0.717) is 4.64 Å². The number of aromatic nitrogens is 3. The lowest BCUT2D eigenvalue weighted by Gasteiger charge is -2.02. The van der Waals surface area contributed by atoms with Crippen LogP contribution in [0, 0.1) is 11.6 Å². The first-order chi connectivity index (χ1) is 6.70. The predicted molar refractivity (Wildman–Crippen MR) is 59.0 cm³/mol. The van der Waals surface area contributed by atoms with Crippen LogP contribution >= 0.6 is 12.2 Å². The van der Waals surface area contributed by atoms with E-state index in [-0.39, 0.29) is 0 Å². The van der Waals surface area contributed by atoms with Crippen molar-refractivity contribution < 1.29 is 0 Å². The van der Waals surface area contributed by atoms with Crippen LogP contribution in [0.2, 0.25) is 0 Å². The lowest BCUT2D eigenvalue weighted by Crippen LogP contribution is -1.96. The molecule has 2 heterocycles. The lowest BCUT2D eigenvalue weighted by molar-refractivity contribution is 1.07. The maximum atomic E-state index is 5.13. The van der Waals surface area contributed by atoms with Crippen molar-refractivity contribution in [2.45, 2.75) is 6.92 Å². The summed E-state index contributed by atoms with van der Waals surface area (Å²) < 4.78 is 0.536. The number of H-pyrrole nitrogens is 1. The molecule has 0 radical (unpaired) electrons. The van der Waals surface area contributed by atoms with Gasteiger partial charge in [-0.3, -0.25) is 0 Å². The SMILES string of the molecule is CNc1ccc2[nH]c(C)nc(=S)c2n1. The summed E-state index contributed by atoms with van der Waals surface area (Å²) in [5.41, 5.74) is 1.65. The van der Waals surface area contributed by atoms with Crippen LogP contribution in [0.25, 0.3) is 11.0 Å². The molecule has 0 aliphatic carbocycles. The van der Waals surface area contributed by atoms with Crippen molar-refractivity contribution in [2.24, 2.45) is 0 Å². The molecular formula is C9H10N4S. The molecule has 0 saturated carbocycles. The van der Waals surface area contributed by atoms with Crippen molar-refractivity contribution in [3.05, 3.63) is 22.6 Å². The zero-order valence-corrected chi connectivity index (χ0v) is 8.77. The molecule has 0 bridgehead atoms. The quantitative estimate of drug-likeness (QED) is 0.701. The minimum absolute atomic E-state index is 0.536. The summed E-state index contributed by atoms with van der Waals surface area (Å²) in [5.74, 6) is 1.60. The predicted octanol–water partition coefficient (Wildman–Crippen LogP) is 2.04. The van der Waals surface area contributed by atoms with Crippen LogP contribution in [0.1, 0.15) is 5.82 Å². The Morgan fingerprint density at radius 1 is 1.36 bits per heavy atom. The van der Waals surface area contributed by atoms with E-state index in [4.69, 9.17) is 12.2 Å². The highest BCUT2D eigenvalue weighted by Crippen LogP contribution is 2.13. The lowest BCUT2D eigenvalue weighted by atomic mass is 10.3. The highest BCUT2D eigenvalue weighted by molar-refractivity contribution is 7.71. The second kappa shape index (κ2) is 3.34. The fourth-order valence-corrected chi connectivity index (χ4v) is 1.58. The summed E-state index contributed by atoms with van der Waals surface area (Å²) in [6.07, 6.45) is 0. The fourth-order valence-electron chi connectivity index (χ4n) is 1.29. The van der Waals surface area contributed by atoms with Gasteiger partial charge in [-0.25, -0.2) is 9.97 Å². The molecule has 2 N–H and O–H groups in total. The molecule has 72 valence electrons. The number of hydrogen-bond acceptors (Lipinski definition) is 4. The van der Waals surface area contributed by atoms with E-state index in [1.165, 1.54) is 0 Å². The zero-order chi connectivity index (χ0) is 10.1. The van der Waals surface area contributed by atoms with Gasteiger partial charge in [0.05, 0.1) is 5.52 Å². The first kappa shape index (κ1) is 9.08. The molecule has 0 spiro atoms. The molecule has 2 aromatic rings. The Labute approximate surface area is 86.4 Å². The Hall–Kier alpha value is -1.49. The van der Waals surface area contributed by atoms with Gasteiger partial charge in [0.1, 0.15) is 17.2 Å². The van der Waals surface area contributed by atoms with Gasteiger partial charge in [0, 0.05) is 7.05 Å². The third-order valence-electron chi connectivity index (χ3n) is 1.94. The van der Waals surface area contributed by atoms with E-state index in [2.05, 4.69) is 20.3 Å². The number of fused-ring (bicyclic) bond motifs is 1. The van der Waals surface area contributed by atoms with E-state index >= 15 is 0 Å². The van der Waals surface area contributed by atoms with Gasteiger partial charge in [-0.1, -0.05) is 12.2 Å². The van der Waals surface area contributed by atoms with Gasteiger partial charge in [0.25, 0.3) is 0 Å². The van der Waals surface area contributed by atoms with E-state index in [0.717, 1.165) is 22.7 Å². The third kappa shape index (κ3) is 1.46. The van der Waals surface area contributed by atoms with Gasteiger partial charge in [-0.05, 0) is 19.1 Å². The van der Waals surface area contributed by atoms with Crippen LogP contribution in [-0.2, 0) is 0 Å². The van der Waals surface area contributed by atoms with Crippen LogP contribution < -0.4 is 5.32 Å². The molecule has 2 aromatic heterocycles. The smallest absolute Gasteiger partial charge is 0.156 e. The Morgan fingerprint density at radius 2 is 2.14 bits per heavy atom. The highest BCUT2D eigenvalue weighted by atomic mass is 32.1. The molecule has 0 unspecified atom stereocenters. The number of anilines is 1. The summed E-state index contributed by atoms with van der Waals surface area (Å²) in [6.45, 7) is 1.88. The second-order valence-electron chi connectivity index (χ2n) is 2.97. The average molecular weight is 206 g/mol. The van der Waals surface area contributed by atoms with Crippen molar-refractivity contribution in [3.8, 4) is 0 Å². The Kier molecular flexibility index (Phi) is 2.17. The van der Waals surface area contributed by atoms with Gasteiger partial charge >= 0.3 is 0 Å². The summed E-state index contributed by atoms with van der Waals surface area (Å²) in [4.78, 5) is 11.6. The van der Waals surface area contributed by atoms with Crippen molar-refractivity contribution in [1.82, 2.24) is 15.0 Å². The molecule has 14 heavy (non-hydrogen) atoms. The second-order valence-corrected chi connectivity index (χ2v) is 3.36. The number of nitrogens with one attached hydrogen (secondary N) is 2. The fraction of sp³-hybridized carbons (Fsp3) is 0.222. The molecule has 0 saturated heterocycles. The molecule has 0 fully saturated rings. The minimum Gasteiger partial charge on any atom is -0.373 e. The molecule has 0 atom stereocenters. The van der Waals surface area contributed by atoms with E-state index in [1.54, 1.807) is 0 Å². The number of aryl methyl sites for hydroxylation is 1. The van der Waals surface area contributed by atoms with Crippen LogP contribution in [0.4, 0.5) is 5.82 Å². The van der Waals surface area contributed by atoms with E-state index < -0.39 is 0 Å². The van der Waals surface area contributed by atoms with Crippen LogP contribution in [0.3, 0.4) is 0 Å². The first-order valence-corrected chi connectivity index (χ1v) is 4.67. The van der Waals surface area contributed by atoms with Crippen LogP contribution in [0.15, 0.2) is 12.1 Å².